The van der Waals surface area contributed by atoms with Crippen molar-refractivity contribution in [3.05, 3.63) is 0 Å². The number of nitrogens with two attached hydrogens (primary N) is 1. The number of hydrogen-bond donors (Lipinski definition) is 2. The van der Waals surface area contributed by atoms with E-state index in [0.29, 0.717) is 4.99 Å². The SMILES string of the molecule is CC(C(N)=S)N1CCN(CCN2CCNC2=O)CC1. The molecular weight excluding hydrogens is 262 g/mol. The average Bonchev–Trinajstić information content (AvgIpc) is 2.81. The molecule has 0 aromatic rings. The zero-order valence-corrected chi connectivity index (χ0v) is 12.3. The summed E-state index contributed by atoms with van der Waals surface area (Å²) in [6, 6.07) is 0.252. The van der Waals surface area contributed by atoms with E-state index in [1.54, 1.807) is 0 Å². The first kappa shape index (κ1) is 14.5. The summed E-state index contributed by atoms with van der Waals surface area (Å²) in [5.74, 6) is 0. The molecule has 0 spiro atoms. The number of urea groups is 1. The van der Waals surface area contributed by atoms with E-state index >= 15 is 0 Å². The monoisotopic (exact) mass is 285 g/mol. The zero-order valence-electron chi connectivity index (χ0n) is 11.5. The molecule has 1 atom stereocenters. The molecule has 2 aliphatic heterocycles. The number of carbonyl (C=O) groups excluding carboxylic acids is 1. The average molecular weight is 285 g/mol. The summed E-state index contributed by atoms with van der Waals surface area (Å²) < 4.78 is 0. The molecule has 0 saturated carbocycles. The molecule has 2 amide bonds. The van der Waals surface area contributed by atoms with E-state index in [1.165, 1.54) is 0 Å². The normalized spacial score (nSPS) is 23.4. The maximum atomic E-state index is 11.4. The smallest absolute Gasteiger partial charge is 0.317 e. The molecule has 0 aliphatic carbocycles. The van der Waals surface area contributed by atoms with E-state index in [-0.39, 0.29) is 12.1 Å². The van der Waals surface area contributed by atoms with Crippen molar-refractivity contribution in [3.63, 3.8) is 0 Å². The van der Waals surface area contributed by atoms with Crippen molar-refractivity contribution >= 4 is 23.2 Å². The van der Waals surface area contributed by atoms with Crippen molar-refractivity contribution < 1.29 is 4.79 Å². The Morgan fingerprint density at radius 1 is 1.32 bits per heavy atom. The summed E-state index contributed by atoms with van der Waals surface area (Å²) in [7, 11) is 0. The molecular formula is C12H23N5OS. The van der Waals surface area contributed by atoms with Crippen LogP contribution in [-0.4, -0.2) is 84.1 Å². The van der Waals surface area contributed by atoms with Gasteiger partial charge in [-0.15, -0.1) is 0 Å². The lowest BCUT2D eigenvalue weighted by Crippen LogP contribution is -2.53. The summed E-state index contributed by atoms with van der Waals surface area (Å²) in [4.78, 5) is 18.6. The minimum atomic E-state index is 0.0701. The first-order chi connectivity index (χ1) is 9.08. The van der Waals surface area contributed by atoms with Crippen LogP contribution in [0.4, 0.5) is 4.79 Å². The van der Waals surface area contributed by atoms with E-state index in [4.69, 9.17) is 18.0 Å². The van der Waals surface area contributed by atoms with Crippen LogP contribution in [0.25, 0.3) is 0 Å². The number of thiocarbonyl (C=S) groups is 1. The van der Waals surface area contributed by atoms with Crippen molar-refractivity contribution in [2.24, 2.45) is 5.73 Å². The molecule has 0 radical (unpaired) electrons. The molecule has 2 heterocycles. The van der Waals surface area contributed by atoms with Crippen molar-refractivity contribution in [2.75, 3.05) is 52.4 Å². The van der Waals surface area contributed by atoms with E-state index in [9.17, 15) is 4.79 Å². The predicted octanol–water partition coefficient (Wildman–Crippen LogP) is -0.696. The van der Waals surface area contributed by atoms with Gasteiger partial charge >= 0.3 is 6.03 Å². The highest BCUT2D eigenvalue weighted by atomic mass is 32.1. The molecule has 3 N–H and O–H groups in total. The van der Waals surface area contributed by atoms with Crippen LogP contribution in [0.2, 0.25) is 0 Å². The Hall–Kier alpha value is -0.920. The Morgan fingerprint density at radius 3 is 2.53 bits per heavy atom. The number of nitrogens with one attached hydrogen (secondary N) is 1. The second-order valence-electron chi connectivity index (χ2n) is 5.17. The Bertz CT molecular complexity index is 343. The number of nitrogens with zero attached hydrogens (tertiary/aromatic N) is 3. The topological polar surface area (TPSA) is 64.8 Å². The van der Waals surface area contributed by atoms with Crippen molar-refractivity contribution in [1.29, 1.82) is 0 Å². The maximum absolute atomic E-state index is 11.4. The molecule has 2 fully saturated rings. The van der Waals surface area contributed by atoms with Crippen molar-refractivity contribution in [3.8, 4) is 0 Å². The second-order valence-corrected chi connectivity index (χ2v) is 5.65. The highest BCUT2D eigenvalue weighted by molar-refractivity contribution is 7.80. The van der Waals surface area contributed by atoms with Gasteiger partial charge in [-0.2, -0.15) is 0 Å². The van der Waals surface area contributed by atoms with Gasteiger partial charge in [-0.25, -0.2) is 4.79 Å². The van der Waals surface area contributed by atoms with Crippen LogP contribution < -0.4 is 11.1 Å². The number of carbonyl (C=O) groups is 1. The number of hydrogen-bond acceptors (Lipinski definition) is 4. The first-order valence-electron chi connectivity index (χ1n) is 6.86. The van der Waals surface area contributed by atoms with Gasteiger partial charge in [0.05, 0.1) is 11.0 Å². The fourth-order valence-corrected chi connectivity index (χ4v) is 2.69. The second kappa shape index (κ2) is 6.49. The third kappa shape index (κ3) is 3.77. The van der Waals surface area contributed by atoms with Gasteiger partial charge in [-0.3, -0.25) is 9.80 Å². The Morgan fingerprint density at radius 2 is 2.00 bits per heavy atom. The van der Waals surface area contributed by atoms with Gasteiger partial charge in [-0.05, 0) is 6.92 Å². The molecule has 7 heteroatoms. The highest BCUT2D eigenvalue weighted by Crippen LogP contribution is 2.07. The van der Waals surface area contributed by atoms with Gasteiger partial charge in [0.15, 0.2) is 0 Å². The summed E-state index contributed by atoms with van der Waals surface area (Å²) in [5, 5.41) is 2.82. The van der Waals surface area contributed by atoms with Gasteiger partial charge in [0.2, 0.25) is 0 Å². The predicted molar refractivity (Wildman–Crippen MR) is 79.2 cm³/mol. The third-order valence-corrected chi connectivity index (χ3v) is 4.34. The molecule has 0 aromatic carbocycles. The lowest BCUT2D eigenvalue weighted by Gasteiger charge is -2.38. The van der Waals surface area contributed by atoms with Crippen molar-refractivity contribution in [2.45, 2.75) is 13.0 Å². The fourth-order valence-electron chi connectivity index (χ4n) is 2.54. The maximum Gasteiger partial charge on any atom is 0.317 e. The molecule has 2 saturated heterocycles. The van der Waals surface area contributed by atoms with Crippen LogP contribution in [0, 0.1) is 0 Å². The molecule has 0 aromatic heterocycles. The lowest BCUT2D eigenvalue weighted by molar-refractivity contribution is 0.116. The lowest BCUT2D eigenvalue weighted by atomic mass is 10.2. The number of piperazine rings is 1. The molecule has 2 rings (SSSR count). The zero-order chi connectivity index (χ0) is 13.8. The fraction of sp³-hybridized carbons (Fsp3) is 0.833. The Kier molecular flexibility index (Phi) is 4.95. The highest BCUT2D eigenvalue weighted by Gasteiger charge is 2.24. The van der Waals surface area contributed by atoms with E-state index in [0.717, 1.165) is 52.4 Å². The van der Waals surface area contributed by atoms with Crippen LogP contribution in [0.5, 0.6) is 0 Å². The summed E-state index contributed by atoms with van der Waals surface area (Å²) in [6.45, 7) is 9.45. The van der Waals surface area contributed by atoms with Crippen molar-refractivity contribution in [1.82, 2.24) is 20.0 Å². The molecule has 0 bridgehead atoms. The van der Waals surface area contributed by atoms with Crippen LogP contribution in [-0.2, 0) is 0 Å². The van der Waals surface area contributed by atoms with Crippen LogP contribution in [0.1, 0.15) is 6.92 Å². The number of rotatable bonds is 5. The molecule has 1 unspecified atom stereocenters. The summed E-state index contributed by atoms with van der Waals surface area (Å²) in [6.07, 6.45) is 0. The Balaban J connectivity index is 1.69. The van der Waals surface area contributed by atoms with Gasteiger partial charge in [0.1, 0.15) is 0 Å². The van der Waals surface area contributed by atoms with E-state index in [2.05, 4.69) is 22.0 Å². The van der Waals surface area contributed by atoms with E-state index < -0.39 is 0 Å². The standard InChI is InChI=1S/C12H23N5OS/c1-10(11(13)19)16-7-4-15(5-8-16)6-9-17-3-2-14-12(17)18/h10H,2-9H2,1H3,(H2,13,19)(H,14,18). The van der Waals surface area contributed by atoms with Gasteiger partial charge in [0, 0.05) is 52.4 Å². The summed E-state index contributed by atoms with van der Waals surface area (Å²) >= 11 is 5.04. The first-order valence-corrected chi connectivity index (χ1v) is 7.27. The third-order valence-electron chi connectivity index (χ3n) is 4.00. The van der Waals surface area contributed by atoms with Crippen LogP contribution in [0.15, 0.2) is 0 Å². The van der Waals surface area contributed by atoms with Gasteiger partial charge in [0.25, 0.3) is 0 Å². The van der Waals surface area contributed by atoms with Gasteiger partial charge < -0.3 is 16.0 Å². The largest absolute Gasteiger partial charge is 0.392 e. The Labute approximate surface area is 119 Å². The molecule has 6 nitrogen and oxygen atoms in total. The minimum absolute atomic E-state index is 0.0701. The number of amides is 2. The molecule has 19 heavy (non-hydrogen) atoms. The van der Waals surface area contributed by atoms with Crippen LogP contribution in [0.3, 0.4) is 0 Å². The van der Waals surface area contributed by atoms with E-state index in [1.807, 2.05) is 4.90 Å². The van der Waals surface area contributed by atoms with Crippen LogP contribution >= 0.6 is 12.2 Å². The molecule has 2 aliphatic rings. The minimum Gasteiger partial charge on any atom is -0.392 e. The summed E-state index contributed by atoms with van der Waals surface area (Å²) in [5.41, 5.74) is 5.68. The van der Waals surface area contributed by atoms with Gasteiger partial charge in [-0.1, -0.05) is 12.2 Å². The molecule has 108 valence electrons. The quantitative estimate of drug-likeness (QED) is 0.654.